The summed E-state index contributed by atoms with van der Waals surface area (Å²) in [6.45, 7) is 6.62. The summed E-state index contributed by atoms with van der Waals surface area (Å²) in [5.41, 5.74) is 6.92. The average molecular weight is 398 g/mol. The average Bonchev–Trinajstić information content (AvgIpc) is 3.01. The quantitative estimate of drug-likeness (QED) is 0.774. The standard InChI is InChI=1S/C18H27N5OS.ClH/c1-21(2)11-12-24-17-6-4-3-5-16(17)23-9-7-22(8-10-23)14-15-13-20-18(19)25-15;/h3-6,13H,7-12,14H2,1-2H3,(H2,19,20);1H. The van der Waals surface area contributed by atoms with Crippen LogP contribution in [-0.4, -0.2) is 68.2 Å². The maximum atomic E-state index is 6.01. The van der Waals surface area contributed by atoms with Gasteiger partial charge in [-0.25, -0.2) is 4.98 Å². The van der Waals surface area contributed by atoms with Gasteiger partial charge in [-0.2, -0.15) is 0 Å². The Morgan fingerprint density at radius 2 is 1.92 bits per heavy atom. The van der Waals surface area contributed by atoms with E-state index in [1.165, 1.54) is 10.6 Å². The van der Waals surface area contributed by atoms with Crippen LogP contribution in [0.2, 0.25) is 0 Å². The minimum Gasteiger partial charge on any atom is -0.490 e. The van der Waals surface area contributed by atoms with Gasteiger partial charge in [-0.3, -0.25) is 4.90 Å². The van der Waals surface area contributed by atoms with Gasteiger partial charge in [0.15, 0.2) is 5.13 Å². The third-order valence-electron chi connectivity index (χ3n) is 4.33. The van der Waals surface area contributed by atoms with E-state index in [1.807, 2.05) is 12.3 Å². The number of nitrogen functional groups attached to an aromatic ring is 1. The van der Waals surface area contributed by atoms with Crippen molar-refractivity contribution in [2.45, 2.75) is 6.54 Å². The molecule has 2 aromatic rings. The van der Waals surface area contributed by atoms with E-state index >= 15 is 0 Å². The number of hydrogen-bond donors (Lipinski definition) is 1. The van der Waals surface area contributed by atoms with Crippen LogP contribution in [-0.2, 0) is 6.54 Å². The fourth-order valence-corrected chi connectivity index (χ4v) is 3.67. The molecule has 2 heterocycles. The molecule has 0 atom stereocenters. The van der Waals surface area contributed by atoms with Crippen molar-refractivity contribution in [1.29, 1.82) is 0 Å². The minimum absolute atomic E-state index is 0. The summed E-state index contributed by atoms with van der Waals surface area (Å²) in [4.78, 5) is 12.4. The number of nitrogens with two attached hydrogens (primary N) is 1. The highest BCUT2D eigenvalue weighted by atomic mass is 35.5. The molecule has 1 fully saturated rings. The predicted molar refractivity (Wildman–Crippen MR) is 112 cm³/mol. The maximum Gasteiger partial charge on any atom is 0.180 e. The van der Waals surface area contributed by atoms with E-state index in [0.29, 0.717) is 11.7 Å². The van der Waals surface area contributed by atoms with Gasteiger partial charge in [0.05, 0.1) is 5.69 Å². The van der Waals surface area contributed by atoms with Crippen LogP contribution >= 0.6 is 23.7 Å². The number of rotatable bonds is 7. The lowest BCUT2D eigenvalue weighted by atomic mass is 10.2. The van der Waals surface area contributed by atoms with Crippen LogP contribution in [0.5, 0.6) is 5.75 Å². The van der Waals surface area contributed by atoms with Crippen LogP contribution in [0.25, 0.3) is 0 Å². The SMILES string of the molecule is CN(C)CCOc1ccccc1N1CCN(Cc2cnc(N)s2)CC1.Cl. The number of benzene rings is 1. The van der Waals surface area contributed by atoms with Crippen molar-refractivity contribution in [3.8, 4) is 5.75 Å². The minimum atomic E-state index is 0. The molecule has 144 valence electrons. The lowest BCUT2D eigenvalue weighted by molar-refractivity contribution is 0.246. The number of thiazole rings is 1. The van der Waals surface area contributed by atoms with Crippen LogP contribution in [0, 0.1) is 0 Å². The summed E-state index contributed by atoms with van der Waals surface area (Å²) in [5, 5.41) is 0.650. The molecule has 8 heteroatoms. The first-order valence-corrected chi connectivity index (χ1v) is 9.47. The van der Waals surface area contributed by atoms with Gasteiger partial charge in [0.25, 0.3) is 0 Å². The van der Waals surface area contributed by atoms with Gasteiger partial charge in [-0.1, -0.05) is 12.1 Å². The third kappa shape index (κ3) is 5.74. The number of para-hydroxylation sites is 2. The predicted octanol–water partition coefficient (Wildman–Crippen LogP) is 2.41. The van der Waals surface area contributed by atoms with Crippen molar-refractivity contribution < 1.29 is 4.74 Å². The molecule has 1 aromatic carbocycles. The number of piperazine rings is 1. The Kier molecular flexibility index (Phi) is 7.96. The normalized spacial score (nSPS) is 15.1. The summed E-state index contributed by atoms with van der Waals surface area (Å²) < 4.78 is 6.01. The topological polar surface area (TPSA) is 57.9 Å². The van der Waals surface area contributed by atoms with E-state index in [0.717, 1.165) is 45.0 Å². The van der Waals surface area contributed by atoms with Gasteiger partial charge in [-0.15, -0.1) is 23.7 Å². The maximum absolute atomic E-state index is 6.01. The van der Waals surface area contributed by atoms with Gasteiger partial charge in [0.1, 0.15) is 12.4 Å². The summed E-state index contributed by atoms with van der Waals surface area (Å²) in [7, 11) is 4.12. The monoisotopic (exact) mass is 397 g/mol. The second-order valence-corrected chi connectivity index (χ2v) is 7.69. The Bertz CT molecular complexity index is 673. The molecular formula is C18H28ClN5OS. The van der Waals surface area contributed by atoms with Crippen LogP contribution < -0.4 is 15.4 Å². The van der Waals surface area contributed by atoms with Gasteiger partial charge < -0.3 is 20.3 Å². The number of ether oxygens (including phenoxy) is 1. The van der Waals surface area contributed by atoms with Crippen LogP contribution in [0.3, 0.4) is 0 Å². The largest absolute Gasteiger partial charge is 0.490 e. The summed E-state index contributed by atoms with van der Waals surface area (Å²) in [6, 6.07) is 8.35. The first kappa shape index (κ1) is 20.8. The fourth-order valence-electron chi connectivity index (χ4n) is 2.94. The van der Waals surface area contributed by atoms with E-state index in [2.05, 4.69) is 52.0 Å². The molecule has 0 bridgehead atoms. The number of aromatic nitrogens is 1. The van der Waals surface area contributed by atoms with Gasteiger partial charge in [0, 0.05) is 50.3 Å². The highest BCUT2D eigenvalue weighted by molar-refractivity contribution is 7.15. The Balaban J connectivity index is 0.00000243. The number of anilines is 2. The van der Waals surface area contributed by atoms with Crippen molar-refractivity contribution in [3.05, 3.63) is 35.3 Å². The molecule has 1 saturated heterocycles. The molecule has 6 nitrogen and oxygen atoms in total. The van der Waals surface area contributed by atoms with Crippen molar-refractivity contribution in [3.63, 3.8) is 0 Å². The van der Waals surface area contributed by atoms with Crippen LogP contribution in [0.4, 0.5) is 10.8 Å². The summed E-state index contributed by atoms with van der Waals surface area (Å²) in [5.74, 6) is 0.980. The zero-order valence-electron chi connectivity index (χ0n) is 15.4. The zero-order chi connectivity index (χ0) is 17.6. The molecule has 2 N–H and O–H groups in total. The van der Waals surface area contributed by atoms with Crippen LogP contribution in [0.15, 0.2) is 30.5 Å². The molecule has 0 amide bonds. The Labute approximate surface area is 166 Å². The van der Waals surface area contributed by atoms with Crippen molar-refractivity contribution >= 4 is 34.6 Å². The number of nitrogens with zero attached hydrogens (tertiary/aromatic N) is 4. The Morgan fingerprint density at radius 1 is 1.19 bits per heavy atom. The highest BCUT2D eigenvalue weighted by Crippen LogP contribution is 2.29. The van der Waals surface area contributed by atoms with Gasteiger partial charge in [0.2, 0.25) is 0 Å². The Hall–Kier alpha value is -1.54. The van der Waals surface area contributed by atoms with Gasteiger partial charge in [-0.05, 0) is 26.2 Å². The number of hydrogen-bond acceptors (Lipinski definition) is 7. The molecule has 0 saturated carbocycles. The molecular weight excluding hydrogens is 370 g/mol. The number of halogens is 1. The van der Waals surface area contributed by atoms with Crippen molar-refractivity contribution in [2.24, 2.45) is 0 Å². The first-order valence-electron chi connectivity index (χ1n) is 8.66. The lowest BCUT2D eigenvalue weighted by Crippen LogP contribution is -2.46. The molecule has 0 spiro atoms. The molecule has 0 unspecified atom stereocenters. The van der Waals surface area contributed by atoms with Crippen molar-refractivity contribution in [1.82, 2.24) is 14.8 Å². The van der Waals surface area contributed by atoms with E-state index in [1.54, 1.807) is 11.3 Å². The summed E-state index contributed by atoms with van der Waals surface area (Å²) >= 11 is 1.58. The molecule has 3 rings (SSSR count). The number of likely N-dealkylation sites (N-methyl/N-ethyl adjacent to an activating group) is 1. The second kappa shape index (κ2) is 9.97. The third-order valence-corrected chi connectivity index (χ3v) is 5.14. The molecule has 0 radical (unpaired) electrons. The van der Waals surface area contributed by atoms with E-state index in [9.17, 15) is 0 Å². The molecule has 1 aliphatic heterocycles. The van der Waals surface area contributed by atoms with Gasteiger partial charge >= 0.3 is 0 Å². The molecule has 0 aliphatic carbocycles. The molecule has 1 aliphatic rings. The zero-order valence-corrected chi connectivity index (χ0v) is 17.1. The van der Waals surface area contributed by atoms with E-state index in [-0.39, 0.29) is 12.4 Å². The van der Waals surface area contributed by atoms with E-state index < -0.39 is 0 Å². The second-order valence-electron chi connectivity index (χ2n) is 6.55. The molecule has 26 heavy (non-hydrogen) atoms. The summed E-state index contributed by atoms with van der Waals surface area (Å²) in [6.07, 6.45) is 1.89. The van der Waals surface area contributed by atoms with Crippen molar-refractivity contribution in [2.75, 3.05) is 64.1 Å². The lowest BCUT2D eigenvalue weighted by Gasteiger charge is -2.36. The fraction of sp³-hybridized carbons (Fsp3) is 0.500. The smallest absolute Gasteiger partial charge is 0.180 e. The Morgan fingerprint density at radius 3 is 2.58 bits per heavy atom. The molecule has 1 aromatic heterocycles. The van der Waals surface area contributed by atoms with Crippen LogP contribution in [0.1, 0.15) is 4.88 Å². The highest BCUT2D eigenvalue weighted by Gasteiger charge is 2.20. The van der Waals surface area contributed by atoms with E-state index in [4.69, 9.17) is 10.5 Å². The first-order chi connectivity index (χ1) is 12.1.